The smallest absolute Gasteiger partial charge is 0.490 e. The number of aliphatic carboxylic acids is 1. The average Bonchev–Trinajstić information content (AvgIpc) is 3.20. The fourth-order valence-corrected chi connectivity index (χ4v) is 5.42. The van der Waals surface area contributed by atoms with Gasteiger partial charge in [0, 0.05) is 6.20 Å². The molecule has 0 saturated heterocycles. The number of allylic oxidation sites excluding steroid dienone is 1. The van der Waals surface area contributed by atoms with Gasteiger partial charge in [0.15, 0.2) is 15.6 Å². The molecule has 0 aliphatic heterocycles. The Morgan fingerprint density at radius 3 is 2.27 bits per heavy atom. The molecule has 9 nitrogen and oxygen atoms in total. The van der Waals surface area contributed by atoms with Crippen molar-refractivity contribution in [2.24, 2.45) is 0 Å². The Balaban J connectivity index is 0.000000604. The van der Waals surface area contributed by atoms with Gasteiger partial charge in [-0.15, -0.1) is 0 Å². The van der Waals surface area contributed by atoms with Crippen LogP contribution < -0.4 is 10.6 Å². The van der Waals surface area contributed by atoms with E-state index < -0.39 is 43.4 Å². The maximum absolute atomic E-state index is 13.4. The summed E-state index contributed by atoms with van der Waals surface area (Å²) in [5.74, 6) is -3.37. The number of carbonyl (C=O) groups is 2. The number of aromatic hydroxyl groups is 1. The van der Waals surface area contributed by atoms with Gasteiger partial charge in [0.2, 0.25) is 0 Å². The summed E-state index contributed by atoms with van der Waals surface area (Å²) in [6, 6.07) is 7.02. The summed E-state index contributed by atoms with van der Waals surface area (Å²) >= 11 is 6.18. The van der Waals surface area contributed by atoms with Crippen molar-refractivity contribution in [1.29, 1.82) is 0 Å². The Kier molecular flexibility index (Phi) is 9.20. The lowest BCUT2D eigenvalue weighted by Crippen LogP contribution is -2.37. The van der Waals surface area contributed by atoms with Crippen molar-refractivity contribution in [3.8, 4) is 5.75 Å². The van der Waals surface area contributed by atoms with Crippen molar-refractivity contribution in [2.45, 2.75) is 55.5 Å². The van der Waals surface area contributed by atoms with E-state index in [2.05, 4.69) is 21.7 Å². The molecule has 37 heavy (non-hydrogen) atoms. The number of hydrogen-bond acceptors (Lipinski definition) is 6. The summed E-state index contributed by atoms with van der Waals surface area (Å²) in [5, 5.41) is 23.1. The summed E-state index contributed by atoms with van der Waals surface area (Å²) in [6.07, 6.45) is 0.142. The van der Waals surface area contributed by atoms with Crippen LogP contribution >= 0.6 is 11.6 Å². The number of sulfone groups is 1. The molecule has 0 bridgehead atoms. The van der Waals surface area contributed by atoms with Crippen molar-refractivity contribution in [1.82, 2.24) is 10.3 Å². The highest BCUT2D eigenvalue weighted by Crippen LogP contribution is 2.44. The van der Waals surface area contributed by atoms with E-state index in [1.807, 2.05) is 6.92 Å². The number of carboxylic acid groups (broad SMARTS) is 1. The summed E-state index contributed by atoms with van der Waals surface area (Å²) in [5.41, 5.74) is 1.32. The monoisotopic (exact) mass is 563 g/mol. The van der Waals surface area contributed by atoms with Gasteiger partial charge in [-0.05, 0) is 57.9 Å². The Labute approximate surface area is 216 Å². The van der Waals surface area contributed by atoms with Gasteiger partial charge in [-0.2, -0.15) is 13.2 Å². The number of aromatic nitrogens is 1. The predicted octanol–water partition coefficient (Wildman–Crippen LogP) is 5.01. The molecule has 1 heterocycles. The van der Waals surface area contributed by atoms with Crippen LogP contribution in [0.4, 0.5) is 23.7 Å². The number of alkyl halides is 3. The third kappa shape index (κ3) is 6.92. The van der Waals surface area contributed by atoms with Crippen molar-refractivity contribution in [3.05, 3.63) is 58.9 Å². The third-order valence-electron chi connectivity index (χ3n) is 5.57. The number of amides is 2. The molecular weight excluding hydrogens is 539 g/mol. The lowest BCUT2D eigenvalue weighted by atomic mass is 10.1. The Hall–Kier alpha value is -3.32. The molecule has 2 amide bonds. The molecule has 0 saturated carbocycles. The second kappa shape index (κ2) is 11.4. The van der Waals surface area contributed by atoms with Gasteiger partial charge in [0.05, 0.1) is 22.4 Å². The number of phenolic OH excluding ortho intramolecular Hbond substituents is 1. The van der Waals surface area contributed by atoms with Crippen molar-refractivity contribution >= 4 is 39.1 Å². The first-order valence-corrected chi connectivity index (χ1v) is 12.6. The molecule has 14 heteroatoms. The SMILES string of the molecule is CC1=CCCC1NC(=O)Nc1ccc(Cl)c(S(=O)(=O)C(C)(C)c2ccccn2)c1O.O=C(O)C(F)(F)F. The number of nitrogens with one attached hydrogen (secondary N) is 2. The standard InChI is InChI=1S/C21H24ClN3O4S.C2HF3O2/c1-13-7-6-8-15(13)24-20(27)25-16-11-10-14(22)19(18(16)26)30(28,29)21(2,3)17-9-4-5-12-23-17;3-2(4,5)1(6)7/h4-5,7,9-12,15,26H,6,8H2,1-3H3,(H2,24,25,27);(H,6,7). The number of benzene rings is 1. The number of pyridine rings is 1. The molecule has 1 atom stereocenters. The van der Waals surface area contributed by atoms with Crippen LogP contribution in [-0.4, -0.2) is 47.8 Å². The second-order valence-corrected chi connectivity index (χ2v) is 11.3. The number of carboxylic acids is 1. The quantitative estimate of drug-likeness (QED) is 0.295. The molecule has 4 N–H and O–H groups in total. The molecular formula is C23H25ClF3N3O6S. The van der Waals surface area contributed by atoms with Crippen LogP contribution in [0.1, 0.15) is 39.3 Å². The van der Waals surface area contributed by atoms with Crippen molar-refractivity contribution < 1.29 is 41.4 Å². The molecule has 1 aromatic carbocycles. The summed E-state index contributed by atoms with van der Waals surface area (Å²) in [6.45, 7) is 4.91. The van der Waals surface area contributed by atoms with Crippen LogP contribution in [0.2, 0.25) is 5.02 Å². The minimum absolute atomic E-state index is 0.0491. The zero-order chi connectivity index (χ0) is 28.2. The van der Waals surface area contributed by atoms with Crippen molar-refractivity contribution in [3.63, 3.8) is 0 Å². The van der Waals surface area contributed by atoms with Crippen LogP contribution in [0, 0.1) is 0 Å². The molecule has 2 aromatic rings. The largest absolute Gasteiger partial charge is 0.504 e. The molecule has 1 aliphatic carbocycles. The fourth-order valence-electron chi connectivity index (χ4n) is 3.37. The van der Waals surface area contributed by atoms with E-state index in [1.165, 1.54) is 32.2 Å². The number of phenols is 1. The minimum Gasteiger partial charge on any atom is -0.504 e. The van der Waals surface area contributed by atoms with Crippen LogP contribution in [-0.2, 0) is 19.4 Å². The third-order valence-corrected chi connectivity index (χ3v) is 8.50. The van der Waals surface area contributed by atoms with E-state index in [0.29, 0.717) is 5.69 Å². The molecule has 1 unspecified atom stereocenters. The summed E-state index contributed by atoms with van der Waals surface area (Å²) in [7, 11) is -4.17. The first-order valence-electron chi connectivity index (χ1n) is 10.7. The van der Waals surface area contributed by atoms with E-state index in [1.54, 1.807) is 18.2 Å². The fraction of sp³-hybridized carbons (Fsp3) is 0.348. The van der Waals surface area contributed by atoms with Crippen LogP contribution in [0.25, 0.3) is 0 Å². The van der Waals surface area contributed by atoms with E-state index in [0.717, 1.165) is 18.4 Å². The van der Waals surface area contributed by atoms with E-state index in [-0.39, 0.29) is 16.8 Å². The van der Waals surface area contributed by atoms with Gasteiger partial charge in [-0.3, -0.25) is 4.98 Å². The zero-order valence-electron chi connectivity index (χ0n) is 19.9. The second-order valence-electron chi connectivity index (χ2n) is 8.48. The maximum Gasteiger partial charge on any atom is 0.490 e. The number of hydrogen-bond donors (Lipinski definition) is 4. The number of carbonyl (C=O) groups excluding carboxylic acids is 1. The topological polar surface area (TPSA) is 146 Å². The van der Waals surface area contributed by atoms with Gasteiger partial charge in [0.1, 0.15) is 9.64 Å². The van der Waals surface area contributed by atoms with Gasteiger partial charge < -0.3 is 20.8 Å². The van der Waals surface area contributed by atoms with Crippen molar-refractivity contribution in [2.75, 3.05) is 5.32 Å². The number of nitrogens with zero attached hydrogens (tertiary/aromatic N) is 1. The maximum atomic E-state index is 13.4. The lowest BCUT2D eigenvalue weighted by molar-refractivity contribution is -0.192. The Morgan fingerprint density at radius 2 is 1.78 bits per heavy atom. The first kappa shape index (κ1) is 29.9. The Bertz CT molecular complexity index is 1300. The van der Waals surface area contributed by atoms with E-state index in [9.17, 15) is 31.5 Å². The van der Waals surface area contributed by atoms with E-state index in [4.69, 9.17) is 21.5 Å². The molecule has 0 radical (unpaired) electrons. The first-order chi connectivity index (χ1) is 17.0. The number of anilines is 1. The molecule has 202 valence electrons. The molecule has 0 fully saturated rings. The van der Waals surface area contributed by atoms with Gasteiger partial charge in [0.25, 0.3) is 0 Å². The molecule has 1 aromatic heterocycles. The lowest BCUT2D eigenvalue weighted by Gasteiger charge is -2.26. The van der Waals surface area contributed by atoms with Gasteiger partial charge >= 0.3 is 18.2 Å². The van der Waals surface area contributed by atoms with Gasteiger partial charge in [-0.1, -0.05) is 29.3 Å². The number of halogens is 4. The minimum atomic E-state index is -5.08. The predicted molar refractivity (Wildman–Crippen MR) is 130 cm³/mol. The molecule has 0 spiro atoms. The highest BCUT2D eigenvalue weighted by molar-refractivity contribution is 7.92. The highest BCUT2D eigenvalue weighted by atomic mass is 35.5. The van der Waals surface area contributed by atoms with Crippen LogP contribution in [0.15, 0.2) is 53.1 Å². The van der Waals surface area contributed by atoms with E-state index >= 15 is 0 Å². The highest BCUT2D eigenvalue weighted by Gasteiger charge is 2.42. The zero-order valence-corrected chi connectivity index (χ0v) is 21.5. The molecule has 3 rings (SSSR count). The van der Waals surface area contributed by atoms with Crippen LogP contribution in [0.5, 0.6) is 5.75 Å². The molecule has 1 aliphatic rings. The van der Waals surface area contributed by atoms with Crippen LogP contribution in [0.3, 0.4) is 0 Å². The average molecular weight is 564 g/mol. The van der Waals surface area contributed by atoms with Gasteiger partial charge in [-0.25, -0.2) is 18.0 Å². The number of rotatable bonds is 5. The Morgan fingerprint density at radius 1 is 1.16 bits per heavy atom. The summed E-state index contributed by atoms with van der Waals surface area (Å²) < 4.78 is 57.1. The summed E-state index contributed by atoms with van der Waals surface area (Å²) in [4.78, 5) is 25.0. The number of urea groups is 1. The normalized spacial score (nSPS) is 15.8.